The van der Waals surface area contributed by atoms with Crippen LogP contribution >= 0.6 is 0 Å². The Morgan fingerprint density at radius 1 is 1.45 bits per heavy atom. The molecule has 0 saturated heterocycles. The molecule has 0 saturated carbocycles. The molecule has 6 nitrogen and oxygen atoms in total. The number of rotatable bonds is 7. The van der Waals surface area contributed by atoms with Crippen LogP contribution < -0.4 is 10.0 Å². The summed E-state index contributed by atoms with van der Waals surface area (Å²) in [5, 5.41) is 3.34. The molecular weight excluding hydrogens is 276 g/mol. The number of nitrogens with one attached hydrogen (secondary N) is 2. The van der Waals surface area contributed by atoms with Crippen molar-refractivity contribution in [2.75, 3.05) is 19.3 Å². The van der Waals surface area contributed by atoms with Crippen molar-refractivity contribution in [3.8, 4) is 0 Å². The SMILES string of the molecule is CCCc1nc2c(n1CCCNS(C)(=O)=O)CCNC2. The van der Waals surface area contributed by atoms with E-state index in [1.165, 1.54) is 11.9 Å². The zero-order chi connectivity index (χ0) is 14.6. The Bertz CT molecular complexity index is 551. The molecule has 1 aliphatic heterocycles. The molecule has 7 heteroatoms. The third kappa shape index (κ3) is 4.04. The van der Waals surface area contributed by atoms with Crippen LogP contribution in [0.5, 0.6) is 0 Å². The standard InChI is InChI=1S/C13H24N4O2S/c1-3-5-13-16-11-10-14-8-6-12(11)17(13)9-4-7-15-20(2,18)19/h14-15H,3-10H2,1-2H3. The maximum Gasteiger partial charge on any atom is 0.208 e. The first kappa shape index (κ1) is 15.5. The third-order valence-electron chi connectivity index (χ3n) is 3.46. The molecule has 1 aromatic heterocycles. The zero-order valence-electron chi connectivity index (χ0n) is 12.3. The van der Waals surface area contributed by atoms with Gasteiger partial charge in [-0.25, -0.2) is 18.1 Å². The molecule has 2 N–H and O–H groups in total. The number of aryl methyl sites for hydroxylation is 1. The van der Waals surface area contributed by atoms with E-state index in [2.05, 4.69) is 21.5 Å². The monoisotopic (exact) mass is 300 g/mol. The zero-order valence-corrected chi connectivity index (χ0v) is 13.1. The van der Waals surface area contributed by atoms with E-state index in [1.807, 2.05) is 0 Å². The molecule has 0 amide bonds. The maximum atomic E-state index is 11.1. The average Bonchev–Trinajstić information content (AvgIpc) is 2.72. The first-order chi connectivity index (χ1) is 9.51. The highest BCUT2D eigenvalue weighted by molar-refractivity contribution is 7.88. The second-order valence-electron chi connectivity index (χ2n) is 5.27. The quantitative estimate of drug-likeness (QED) is 0.716. The highest BCUT2D eigenvalue weighted by Crippen LogP contribution is 2.17. The van der Waals surface area contributed by atoms with Gasteiger partial charge in [0.25, 0.3) is 0 Å². The Balaban J connectivity index is 2.03. The van der Waals surface area contributed by atoms with Crippen molar-refractivity contribution in [3.05, 3.63) is 17.2 Å². The molecule has 0 bridgehead atoms. The lowest BCUT2D eigenvalue weighted by atomic mass is 10.2. The maximum absolute atomic E-state index is 11.1. The van der Waals surface area contributed by atoms with Gasteiger partial charge in [0.1, 0.15) is 5.82 Å². The molecule has 1 aliphatic rings. The summed E-state index contributed by atoms with van der Waals surface area (Å²) in [4.78, 5) is 4.73. The van der Waals surface area contributed by atoms with Gasteiger partial charge in [-0.1, -0.05) is 6.92 Å². The molecule has 0 radical (unpaired) electrons. The largest absolute Gasteiger partial charge is 0.332 e. The van der Waals surface area contributed by atoms with Crippen molar-refractivity contribution in [3.63, 3.8) is 0 Å². The van der Waals surface area contributed by atoms with Crippen LogP contribution in [0, 0.1) is 0 Å². The predicted octanol–water partition coefficient (Wildman–Crippen LogP) is 0.421. The Kier molecular flexibility index (Phi) is 5.17. The first-order valence-electron chi connectivity index (χ1n) is 7.23. The van der Waals surface area contributed by atoms with Gasteiger partial charge in [0.15, 0.2) is 0 Å². The number of imidazole rings is 1. The Morgan fingerprint density at radius 3 is 2.95 bits per heavy atom. The van der Waals surface area contributed by atoms with Crippen molar-refractivity contribution in [2.24, 2.45) is 0 Å². The van der Waals surface area contributed by atoms with Gasteiger partial charge >= 0.3 is 0 Å². The molecule has 20 heavy (non-hydrogen) atoms. The van der Waals surface area contributed by atoms with Crippen LogP contribution in [0.2, 0.25) is 0 Å². The number of hydrogen-bond acceptors (Lipinski definition) is 4. The lowest BCUT2D eigenvalue weighted by Gasteiger charge is -2.16. The number of nitrogens with zero attached hydrogens (tertiary/aromatic N) is 2. The van der Waals surface area contributed by atoms with E-state index < -0.39 is 10.0 Å². The number of sulfonamides is 1. The van der Waals surface area contributed by atoms with Crippen LogP contribution in [0.4, 0.5) is 0 Å². The minimum absolute atomic E-state index is 0.482. The van der Waals surface area contributed by atoms with Gasteiger partial charge in [-0.2, -0.15) is 0 Å². The normalized spacial score (nSPS) is 15.3. The van der Waals surface area contributed by atoms with Crippen molar-refractivity contribution in [2.45, 2.75) is 45.7 Å². The van der Waals surface area contributed by atoms with E-state index in [-0.39, 0.29) is 0 Å². The fraction of sp³-hybridized carbons (Fsp3) is 0.769. The van der Waals surface area contributed by atoms with Gasteiger partial charge in [0.2, 0.25) is 10.0 Å². The lowest BCUT2D eigenvalue weighted by molar-refractivity contribution is 0.546. The molecule has 0 spiro atoms. The number of fused-ring (bicyclic) bond motifs is 1. The second-order valence-corrected chi connectivity index (χ2v) is 7.10. The minimum atomic E-state index is -3.09. The summed E-state index contributed by atoms with van der Waals surface area (Å²) in [5.41, 5.74) is 2.49. The average molecular weight is 300 g/mol. The van der Waals surface area contributed by atoms with Gasteiger partial charge in [-0.05, 0) is 12.8 Å². The summed E-state index contributed by atoms with van der Waals surface area (Å²) < 4.78 is 26.9. The summed E-state index contributed by atoms with van der Waals surface area (Å²) in [6, 6.07) is 0. The van der Waals surface area contributed by atoms with Crippen LogP contribution in [0.25, 0.3) is 0 Å². The van der Waals surface area contributed by atoms with Crippen LogP contribution in [0.3, 0.4) is 0 Å². The van der Waals surface area contributed by atoms with Gasteiger partial charge in [0, 0.05) is 44.7 Å². The van der Waals surface area contributed by atoms with Crippen molar-refractivity contribution in [1.82, 2.24) is 19.6 Å². The second kappa shape index (κ2) is 6.69. The van der Waals surface area contributed by atoms with Gasteiger partial charge in [-0.3, -0.25) is 0 Å². The molecule has 0 unspecified atom stereocenters. The minimum Gasteiger partial charge on any atom is -0.332 e. The first-order valence-corrected chi connectivity index (χ1v) is 9.13. The molecule has 0 fully saturated rings. The van der Waals surface area contributed by atoms with Crippen molar-refractivity contribution >= 4 is 10.0 Å². The van der Waals surface area contributed by atoms with Crippen molar-refractivity contribution in [1.29, 1.82) is 0 Å². The van der Waals surface area contributed by atoms with E-state index in [4.69, 9.17) is 4.98 Å². The van der Waals surface area contributed by atoms with E-state index in [1.54, 1.807) is 0 Å². The lowest BCUT2D eigenvalue weighted by Crippen LogP contribution is -2.26. The van der Waals surface area contributed by atoms with Crippen LogP contribution in [0.15, 0.2) is 0 Å². The summed E-state index contributed by atoms with van der Waals surface area (Å²) >= 11 is 0. The molecule has 0 atom stereocenters. The summed E-state index contributed by atoms with van der Waals surface area (Å²) in [7, 11) is -3.09. The van der Waals surface area contributed by atoms with Crippen LogP contribution in [0.1, 0.15) is 37.0 Å². The van der Waals surface area contributed by atoms with E-state index >= 15 is 0 Å². The highest BCUT2D eigenvalue weighted by Gasteiger charge is 2.18. The molecule has 2 heterocycles. The third-order valence-corrected chi connectivity index (χ3v) is 4.19. The fourth-order valence-corrected chi connectivity index (χ4v) is 3.11. The smallest absolute Gasteiger partial charge is 0.208 e. The molecule has 0 aliphatic carbocycles. The van der Waals surface area contributed by atoms with Crippen LogP contribution in [-0.4, -0.2) is 37.3 Å². The summed E-state index contributed by atoms with van der Waals surface area (Å²) in [6.45, 7) is 5.31. The van der Waals surface area contributed by atoms with Gasteiger partial charge in [-0.15, -0.1) is 0 Å². The predicted molar refractivity (Wildman–Crippen MR) is 79.1 cm³/mol. The Labute approximate surface area is 121 Å². The number of hydrogen-bond donors (Lipinski definition) is 2. The van der Waals surface area contributed by atoms with Gasteiger partial charge < -0.3 is 9.88 Å². The molecule has 0 aromatic carbocycles. The molecular formula is C13H24N4O2S. The van der Waals surface area contributed by atoms with Crippen LogP contribution in [-0.2, 0) is 36.0 Å². The van der Waals surface area contributed by atoms with E-state index in [9.17, 15) is 8.42 Å². The molecule has 1 aromatic rings. The summed E-state index contributed by atoms with van der Waals surface area (Å²) in [5.74, 6) is 1.14. The molecule has 2 rings (SSSR count). The Morgan fingerprint density at radius 2 is 2.25 bits per heavy atom. The number of aromatic nitrogens is 2. The van der Waals surface area contributed by atoms with Gasteiger partial charge in [0.05, 0.1) is 11.9 Å². The fourth-order valence-electron chi connectivity index (χ4n) is 2.60. The topological polar surface area (TPSA) is 76.0 Å². The summed E-state index contributed by atoms with van der Waals surface area (Å²) in [6.07, 6.45) is 5.04. The van der Waals surface area contributed by atoms with E-state index in [0.29, 0.717) is 6.54 Å². The molecule has 114 valence electrons. The Hall–Kier alpha value is -0.920. The van der Waals surface area contributed by atoms with Crippen molar-refractivity contribution < 1.29 is 8.42 Å². The highest BCUT2D eigenvalue weighted by atomic mass is 32.2. The van der Waals surface area contributed by atoms with E-state index in [0.717, 1.165) is 56.8 Å².